The van der Waals surface area contributed by atoms with E-state index in [1.807, 2.05) is 12.1 Å². The van der Waals surface area contributed by atoms with Crippen LogP contribution < -0.4 is 0 Å². The number of benzene rings is 2. The quantitative estimate of drug-likeness (QED) is 0.798. The molecular formula is C14H10O2SZn. The van der Waals surface area contributed by atoms with Gasteiger partial charge in [0.15, 0.2) is 0 Å². The Labute approximate surface area is 123 Å². The fourth-order valence-electron chi connectivity index (χ4n) is 1.35. The van der Waals surface area contributed by atoms with E-state index in [4.69, 9.17) is 0 Å². The maximum absolute atomic E-state index is 11.8. The van der Waals surface area contributed by atoms with E-state index in [-0.39, 0.29) is 29.7 Å². The Morgan fingerprint density at radius 3 is 1.33 bits per heavy atom. The zero-order valence-electron chi connectivity index (χ0n) is 9.71. The van der Waals surface area contributed by atoms with E-state index < -0.39 is 0 Å². The summed E-state index contributed by atoms with van der Waals surface area (Å²) < 4.78 is 0. The van der Waals surface area contributed by atoms with Gasteiger partial charge in [0.1, 0.15) is 0 Å². The first-order chi connectivity index (χ1) is 8.27. The van der Waals surface area contributed by atoms with Crippen LogP contribution in [0.2, 0.25) is 0 Å². The molecule has 0 saturated carbocycles. The standard InChI is InChI=1S/C14H10O2S.Zn/c15-13(11-7-3-1-4-8-11)17-14(16)12-9-5-2-6-10-12;/h1-10H;. The van der Waals surface area contributed by atoms with Gasteiger partial charge in [0.2, 0.25) is 10.2 Å². The largest absolute Gasteiger partial charge is 0.281 e. The van der Waals surface area contributed by atoms with Crippen molar-refractivity contribution in [3.05, 3.63) is 71.8 Å². The van der Waals surface area contributed by atoms with Gasteiger partial charge >= 0.3 is 0 Å². The fourth-order valence-corrected chi connectivity index (χ4v) is 2.03. The molecule has 18 heavy (non-hydrogen) atoms. The van der Waals surface area contributed by atoms with Crippen molar-refractivity contribution in [2.75, 3.05) is 0 Å². The van der Waals surface area contributed by atoms with Crippen molar-refractivity contribution in [2.45, 2.75) is 0 Å². The maximum Gasteiger partial charge on any atom is 0.227 e. The Kier molecular flexibility index (Phi) is 5.96. The molecular weight excluding hydrogens is 298 g/mol. The fraction of sp³-hybridized carbons (Fsp3) is 0. The third kappa shape index (κ3) is 3.90. The number of thioether (sulfide) groups is 1. The summed E-state index contributed by atoms with van der Waals surface area (Å²) >= 11 is 0.728. The van der Waals surface area contributed by atoms with Gasteiger partial charge in [-0.15, -0.1) is 0 Å². The number of rotatable bonds is 2. The van der Waals surface area contributed by atoms with Crippen LogP contribution in [0, 0.1) is 0 Å². The van der Waals surface area contributed by atoms with E-state index in [9.17, 15) is 9.59 Å². The zero-order valence-corrected chi connectivity index (χ0v) is 13.5. The SMILES string of the molecule is O=C(SC(=O)c1ccccc1)c1ccccc1.[Zn]. The minimum absolute atomic E-state index is 0. The Balaban J connectivity index is 0.00000162. The second kappa shape index (κ2) is 7.25. The van der Waals surface area contributed by atoms with Crippen LogP contribution in [0.5, 0.6) is 0 Å². The van der Waals surface area contributed by atoms with E-state index in [0.29, 0.717) is 11.1 Å². The molecule has 0 bridgehead atoms. The van der Waals surface area contributed by atoms with Crippen LogP contribution in [0.15, 0.2) is 60.7 Å². The first-order valence-corrected chi connectivity index (χ1v) is 5.95. The van der Waals surface area contributed by atoms with Crippen LogP contribution in [0.1, 0.15) is 20.7 Å². The van der Waals surface area contributed by atoms with Crippen molar-refractivity contribution < 1.29 is 29.1 Å². The maximum atomic E-state index is 11.8. The van der Waals surface area contributed by atoms with Crippen LogP contribution in [-0.2, 0) is 19.5 Å². The number of hydrogen-bond acceptors (Lipinski definition) is 3. The molecule has 2 aromatic rings. The van der Waals surface area contributed by atoms with Crippen LogP contribution in [0.25, 0.3) is 0 Å². The van der Waals surface area contributed by atoms with Crippen LogP contribution in [0.4, 0.5) is 0 Å². The molecule has 4 heteroatoms. The van der Waals surface area contributed by atoms with E-state index >= 15 is 0 Å². The summed E-state index contributed by atoms with van der Waals surface area (Å²) in [5, 5.41) is -0.445. The van der Waals surface area contributed by atoms with Gasteiger partial charge in [-0.1, -0.05) is 60.7 Å². The second-order valence-electron chi connectivity index (χ2n) is 3.41. The summed E-state index contributed by atoms with van der Waals surface area (Å²) in [6.45, 7) is 0. The molecule has 0 aliphatic heterocycles. The van der Waals surface area contributed by atoms with Crippen molar-refractivity contribution in [3.63, 3.8) is 0 Å². The molecule has 0 aliphatic rings. The average Bonchev–Trinajstić information content (AvgIpc) is 2.40. The van der Waals surface area contributed by atoms with Crippen LogP contribution in [-0.4, -0.2) is 10.2 Å². The van der Waals surface area contributed by atoms with Crippen molar-refractivity contribution in [1.82, 2.24) is 0 Å². The third-order valence-electron chi connectivity index (χ3n) is 2.20. The molecule has 0 fully saturated rings. The van der Waals surface area contributed by atoms with Gasteiger partial charge in [-0.3, -0.25) is 9.59 Å². The van der Waals surface area contributed by atoms with Gasteiger partial charge in [-0.2, -0.15) is 0 Å². The predicted octanol–water partition coefficient (Wildman–Crippen LogP) is 3.40. The van der Waals surface area contributed by atoms with Crippen LogP contribution >= 0.6 is 11.8 Å². The molecule has 0 heterocycles. The van der Waals surface area contributed by atoms with E-state index in [2.05, 4.69) is 0 Å². The molecule has 0 saturated heterocycles. The Hall–Kier alpha value is -1.25. The van der Waals surface area contributed by atoms with Gasteiger partial charge in [0.25, 0.3) is 0 Å². The normalized spacial score (nSPS) is 9.33. The second-order valence-corrected chi connectivity index (χ2v) is 4.35. The van der Waals surface area contributed by atoms with Crippen molar-refractivity contribution in [3.8, 4) is 0 Å². The van der Waals surface area contributed by atoms with Crippen molar-refractivity contribution >= 4 is 22.0 Å². The molecule has 0 aliphatic carbocycles. The molecule has 0 N–H and O–H groups in total. The summed E-state index contributed by atoms with van der Waals surface area (Å²) in [4.78, 5) is 23.5. The van der Waals surface area contributed by atoms with Crippen molar-refractivity contribution in [2.24, 2.45) is 0 Å². The molecule has 0 unspecified atom stereocenters. The first kappa shape index (κ1) is 14.8. The average molecular weight is 308 g/mol. The zero-order chi connectivity index (χ0) is 12.1. The smallest absolute Gasteiger partial charge is 0.227 e. The Morgan fingerprint density at radius 2 is 1.00 bits per heavy atom. The third-order valence-corrected chi connectivity index (χ3v) is 3.05. The predicted molar refractivity (Wildman–Crippen MR) is 69.1 cm³/mol. The Bertz CT molecular complexity index is 477. The summed E-state index contributed by atoms with van der Waals surface area (Å²) in [5.41, 5.74) is 1.09. The van der Waals surface area contributed by atoms with E-state index in [1.54, 1.807) is 48.5 Å². The molecule has 0 spiro atoms. The monoisotopic (exact) mass is 306 g/mol. The van der Waals surface area contributed by atoms with Gasteiger partial charge in [0.05, 0.1) is 0 Å². The van der Waals surface area contributed by atoms with Gasteiger partial charge in [-0.25, -0.2) is 0 Å². The molecule has 0 amide bonds. The summed E-state index contributed by atoms with van der Waals surface area (Å²) in [6.07, 6.45) is 0. The van der Waals surface area contributed by atoms with E-state index in [1.165, 1.54) is 0 Å². The molecule has 0 atom stereocenters. The molecule has 2 aromatic carbocycles. The molecule has 2 nitrogen and oxygen atoms in total. The molecule has 0 radical (unpaired) electrons. The minimum atomic E-state index is -0.223. The summed E-state index contributed by atoms with van der Waals surface area (Å²) in [5.74, 6) is 0. The number of hydrogen-bond donors (Lipinski definition) is 0. The van der Waals surface area contributed by atoms with E-state index in [0.717, 1.165) is 11.8 Å². The van der Waals surface area contributed by atoms with Gasteiger partial charge in [-0.05, 0) is 11.8 Å². The number of carbonyl (C=O) groups excluding carboxylic acids is 2. The summed E-state index contributed by atoms with van der Waals surface area (Å²) in [7, 11) is 0. The van der Waals surface area contributed by atoms with Crippen LogP contribution in [0.3, 0.4) is 0 Å². The Morgan fingerprint density at radius 1 is 0.667 bits per heavy atom. The minimum Gasteiger partial charge on any atom is -0.281 e. The summed E-state index contributed by atoms with van der Waals surface area (Å²) in [6, 6.07) is 17.6. The number of carbonyl (C=O) groups is 2. The molecule has 2 rings (SSSR count). The topological polar surface area (TPSA) is 34.1 Å². The first-order valence-electron chi connectivity index (χ1n) is 5.14. The molecule has 86 valence electrons. The van der Waals surface area contributed by atoms with Crippen molar-refractivity contribution in [1.29, 1.82) is 0 Å². The molecule has 0 aromatic heterocycles. The van der Waals surface area contributed by atoms with Gasteiger partial charge in [0, 0.05) is 30.6 Å². The van der Waals surface area contributed by atoms with Gasteiger partial charge < -0.3 is 0 Å².